The summed E-state index contributed by atoms with van der Waals surface area (Å²) in [4.78, 5) is 55.7. The summed E-state index contributed by atoms with van der Waals surface area (Å²) < 4.78 is 0. The van der Waals surface area contributed by atoms with E-state index in [9.17, 15) is 19.2 Å². The van der Waals surface area contributed by atoms with E-state index in [-0.39, 0.29) is 6.42 Å². The van der Waals surface area contributed by atoms with Crippen LogP contribution in [-0.4, -0.2) is 69.4 Å². The Labute approximate surface area is 220 Å². The number of carbonyl (C=O) groups excluding carboxylic acids is 3. The summed E-state index contributed by atoms with van der Waals surface area (Å²) in [6.45, 7) is 1.70. The predicted molar refractivity (Wildman–Crippen MR) is 142 cm³/mol. The number of H-pyrrole nitrogens is 1. The van der Waals surface area contributed by atoms with E-state index in [0.717, 1.165) is 22.0 Å². The molecule has 1 saturated heterocycles. The summed E-state index contributed by atoms with van der Waals surface area (Å²) in [5.74, 6) is -2.56. The average Bonchev–Trinajstić information content (AvgIpc) is 3.56. The lowest BCUT2D eigenvalue weighted by Crippen LogP contribution is -2.57. The predicted octanol–water partition coefficient (Wildman–Crippen LogP) is 1.35. The van der Waals surface area contributed by atoms with Crippen LogP contribution in [0.5, 0.6) is 0 Å². The second kappa shape index (κ2) is 11.9. The van der Waals surface area contributed by atoms with Crippen molar-refractivity contribution in [1.29, 1.82) is 0 Å². The number of aromatic amines is 1. The molecular weight excluding hydrogens is 486 g/mol. The van der Waals surface area contributed by atoms with Crippen LogP contribution in [0.25, 0.3) is 10.9 Å². The third kappa shape index (κ3) is 6.20. The molecule has 1 fully saturated rings. The summed E-state index contributed by atoms with van der Waals surface area (Å²) in [7, 11) is 0. The van der Waals surface area contributed by atoms with Crippen molar-refractivity contribution in [2.45, 2.75) is 56.8 Å². The van der Waals surface area contributed by atoms with E-state index in [1.807, 2.05) is 60.8 Å². The highest BCUT2D eigenvalue weighted by Crippen LogP contribution is 2.23. The Hall–Kier alpha value is -4.18. The van der Waals surface area contributed by atoms with Crippen LogP contribution in [0.4, 0.5) is 0 Å². The van der Waals surface area contributed by atoms with Gasteiger partial charge < -0.3 is 31.4 Å². The first-order chi connectivity index (χ1) is 18.2. The van der Waals surface area contributed by atoms with E-state index in [0.29, 0.717) is 25.8 Å². The zero-order valence-electron chi connectivity index (χ0n) is 21.2. The number of nitrogens with zero attached hydrogens (tertiary/aromatic N) is 1. The molecule has 10 nitrogen and oxygen atoms in total. The second-order valence-electron chi connectivity index (χ2n) is 9.68. The van der Waals surface area contributed by atoms with Gasteiger partial charge in [0.1, 0.15) is 18.1 Å². The van der Waals surface area contributed by atoms with Crippen LogP contribution in [0.2, 0.25) is 0 Å². The standard InChI is InChI=1S/C28H33N5O5/c1-17(28(37)38)31-26(35)24-12-7-13-33(24)27(36)23(15-19-16-30-22-11-6-5-10-20(19)22)32-25(34)21(29)14-18-8-3-2-4-9-18/h2-6,8-11,16-17,21,23-24,30H,7,12-15,29H2,1H3,(H,31,35)(H,32,34)(H,37,38). The molecule has 38 heavy (non-hydrogen) atoms. The van der Waals surface area contributed by atoms with E-state index in [1.54, 1.807) is 0 Å². The zero-order valence-corrected chi connectivity index (χ0v) is 21.2. The molecule has 3 amide bonds. The number of nitrogens with one attached hydrogen (secondary N) is 3. The van der Waals surface area contributed by atoms with Crippen molar-refractivity contribution in [3.8, 4) is 0 Å². The van der Waals surface area contributed by atoms with Crippen molar-refractivity contribution in [3.63, 3.8) is 0 Å². The number of aromatic nitrogens is 1. The van der Waals surface area contributed by atoms with Gasteiger partial charge in [0.05, 0.1) is 6.04 Å². The number of nitrogens with two attached hydrogens (primary N) is 1. The lowest BCUT2D eigenvalue weighted by molar-refractivity contribution is -0.144. The second-order valence-corrected chi connectivity index (χ2v) is 9.68. The number of para-hydroxylation sites is 1. The highest BCUT2D eigenvalue weighted by atomic mass is 16.4. The molecule has 0 aliphatic carbocycles. The minimum absolute atomic E-state index is 0.197. The van der Waals surface area contributed by atoms with Gasteiger partial charge in [-0.25, -0.2) is 0 Å². The van der Waals surface area contributed by atoms with Gasteiger partial charge in [-0.2, -0.15) is 0 Å². The number of likely N-dealkylation sites (tertiary alicyclic amines) is 1. The molecule has 4 rings (SSSR count). The van der Waals surface area contributed by atoms with Gasteiger partial charge in [-0.1, -0.05) is 48.5 Å². The molecule has 0 bridgehead atoms. The van der Waals surface area contributed by atoms with Gasteiger partial charge in [-0.15, -0.1) is 0 Å². The Balaban J connectivity index is 1.55. The summed E-state index contributed by atoms with van der Waals surface area (Å²) in [5.41, 5.74) is 8.86. The molecule has 2 aromatic carbocycles. The lowest BCUT2D eigenvalue weighted by atomic mass is 10.0. The minimum atomic E-state index is -1.16. The topological polar surface area (TPSA) is 158 Å². The Bertz CT molecular complexity index is 1310. The normalized spacial score (nSPS) is 17.5. The van der Waals surface area contributed by atoms with E-state index in [4.69, 9.17) is 10.8 Å². The van der Waals surface area contributed by atoms with Gasteiger partial charge in [0, 0.05) is 30.1 Å². The van der Waals surface area contributed by atoms with Crippen molar-refractivity contribution < 1.29 is 24.3 Å². The lowest BCUT2D eigenvalue weighted by Gasteiger charge is -2.29. The van der Waals surface area contributed by atoms with E-state index < -0.39 is 47.9 Å². The third-order valence-electron chi connectivity index (χ3n) is 6.92. The highest BCUT2D eigenvalue weighted by Gasteiger charge is 2.39. The van der Waals surface area contributed by atoms with Gasteiger partial charge >= 0.3 is 5.97 Å². The van der Waals surface area contributed by atoms with Gasteiger partial charge in [0.2, 0.25) is 17.7 Å². The molecule has 10 heteroatoms. The van der Waals surface area contributed by atoms with Gasteiger partial charge in [0.25, 0.3) is 0 Å². The number of benzene rings is 2. The Kier molecular flexibility index (Phi) is 8.42. The van der Waals surface area contributed by atoms with Crippen molar-refractivity contribution in [2.24, 2.45) is 5.73 Å². The van der Waals surface area contributed by atoms with E-state index >= 15 is 0 Å². The summed E-state index contributed by atoms with van der Waals surface area (Å²) in [6.07, 6.45) is 3.31. The van der Waals surface area contributed by atoms with Crippen LogP contribution in [0, 0.1) is 0 Å². The number of amides is 3. The molecule has 1 aliphatic heterocycles. The zero-order chi connectivity index (χ0) is 27.2. The van der Waals surface area contributed by atoms with Crippen LogP contribution < -0.4 is 16.4 Å². The number of fused-ring (bicyclic) bond motifs is 1. The smallest absolute Gasteiger partial charge is 0.325 e. The molecule has 1 aromatic heterocycles. The Morgan fingerprint density at radius 1 is 1.05 bits per heavy atom. The SMILES string of the molecule is CC(NC(=O)C1CCCN1C(=O)C(Cc1c[nH]c2ccccc12)NC(=O)C(N)Cc1ccccc1)C(=O)O. The Morgan fingerprint density at radius 2 is 1.76 bits per heavy atom. The van der Waals surface area contributed by atoms with Crippen LogP contribution >= 0.6 is 0 Å². The maximum atomic E-state index is 13.8. The molecule has 3 aromatic rings. The minimum Gasteiger partial charge on any atom is -0.480 e. The van der Waals surface area contributed by atoms with Gasteiger partial charge in [0.15, 0.2) is 0 Å². The first-order valence-corrected chi connectivity index (χ1v) is 12.7. The van der Waals surface area contributed by atoms with Crippen molar-refractivity contribution >= 4 is 34.6 Å². The Morgan fingerprint density at radius 3 is 2.50 bits per heavy atom. The highest BCUT2D eigenvalue weighted by molar-refractivity contribution is 5.95. The molecule has 1 aliphatic rings. The first kappa shape index (κ1) is 26.9. The quantitative estimate of drug-likeness (QED) is 0.272. The third-order valence-corrected chi connectivity index (χ3v) is 6.92. The number of hydrogen-bond acceptors (Lipinski definition) is 5. The van der Waals surface area contributed by atoms with Crippen LogP contribution in [-0.2, 0) is 32.0 Å². The van der Waals surface area contributed by atoms with E-state index in [1.165, 1.54) is 11.8 Å². The van der Waals surface area contributed by atoms with Crippen LogP contribution in [0.15, 0.2) is 60.8 Å². The fourth-order valence-corrected chi connectivity index (χ4v) is 4.83. The van der Waals surface area contributed by atoms with Crippen LogP contribution in [0.3, 0.4) is 0 Å². The number of carbonyl (C=O) groups is 4. The number of carboxylic acid groups (broad SMARTS) is 1. The number of aliphatic carboxylic acids is 1. The van der Waals surface area contributed by atoms with Gasteiger partial charge in [-0.3, -0.25) is 19.2 Å². The van der Waals surface area contributed by atoms with Crippen molar-refractivity contribution in [1.82, 2.24) is 20.5 Å². The molecule has 6 N–H and O–H groups in total. The summed E-state index contributed by atoms with van der Waals surface area (Å²) >= 11 is 0. The maximum absolute atomic E-state index is 13.8. The molecule has 4 unspecified atom stereocenters. The average molecular weight is 520 g/mol. The van der Waals surface area contributed by atoms with Crippen LogP contribution in [0.1, 0.15) is 30.9 Å². The number of rotatable bonds is 10. The monoisotopic (exact) mass is 519 g/mol. The largest absolute Gasteiger partial charge is 0.480 e. The first-order valence-electron chi connectivity index (χ1n) is 12.7. The number of hydrogen-bond donors (Lipinski definition) is 5. The van der Waals surface area contributed by atoms with Crippen molar-refractivity contribution in [2.75, 3.05) is 6.54 Å². The molecule has 200 valence electrons. The fourth-order valence-electron chi connectivity index (χ4n) is 4.83. The molecular formula is C28H33N5O5. The molecule has 2 heterocycles. The fraction of sp³-hybridized carbons (Fsp3) is 0.357. The molecule has 4 atom stereocenters. The maximum Gasteiger partial charge on any atom is 0.325 e. The van der Waals surface area contributed by atoms with Crippen molar-refractivity contribution in [3.05, 3.63) is 71.9 Å². The summed E-state index contributed by atoms with van der Waals surface area (Å²) in [5, 5.41) is 15.4. The molecule has 0 saturated carbocycles. The number of carboxylic acids is 1. The molecule has 0 spiro atoms. The van der Waals surface area contributed by atoms with Gasteiger partial charge in [-0.05, 0) is 43.4 Å². The summed E-state index contributed by atoms with van der Waals surface area (Å²) in [6, 6.07) is 13.3. The molecule has 0 radical (unpaired) electrons. The van der Waals surface area contributed by atoms with E-state index in [2.05, 4.69) is 15.6 Å².